The van der Waals surface area contributed by atoms with Crippen molar-refractivity contribution in [2.75, 3.05) is 39.3 Å². The summed E-state index contributed by atoms with van der Waals surface area (Å²) >= 11 is 0. The van der Waals surface area contributed by atoms with Gasteiger partial charge in [0.25, 0.3) is 0 Å². The van der Waals surface area contributed by atoms with E-state index in [0.717, 1.165) is 43.5 Å². The molecule has 0 aromatic heterocycles. The van der Waals surface area contributed by atoms with Crippen molar-refractivity contribution in [1.29, 1.82) is 0 Å². The molecule has 0 radical (unpaired) electrons. The molecule has 0 spiro atoms. The third kappa shape index (κ3) is 0.613. The zero-order valence-corrected chi connectivity index (χ0v) is 8.48. The Morgan fingerprint density at radius 1 is 1.00 bits per heavy atom. The van der Waals surface area contributed by atoms with E-state index in [-0.39, 0.29) is 0 Å². The summed E-state index contributed by atoms with van der Waals surface area (Å²) in [6, 6.07) is 0. The number of quaternary nitrogens is 1. The Kier molecular flexibility index (Phi) is 1.28. The van der Waals surface area contributed by atoms with Gasteiger partial charge >= 0.3 is 77.3 Å². The second-order valence-electron chi connectivity index (χ2n) is 4.12. The van der Waals surface area contributed by atoms with Crippen LogP contribution in [-0.4, -0.2) is 43.5 Å². The van der Waals surface area contributed by atoms with Crippen LogP contribution in [0.1, 0.15) is 0 Å². The zero-order chi connectivity index (χ0) is 9.02. The van der Waals surface area contributed by atoms with E-state index in [9.17, 15) is 0 Å². The topological polar surface area (TPSA) is 40.5 Å². The summed E-state index contributed by atoms with van der Waals surface area (Å²) in [4.78, 5) is 0. The van der Waals surface area contributed by atoms with Crippen molar-refractivity contribution >= 4 is 7.36 Å². The summed E-state index contributed by atoms with van der Waals surface area (Å²) in [5, 5.41) is 10.4. The molecule has 3 fully saturated rings. The Balaban J connectivity index is 2.23. The van der Waals surface area contributed by atoms with E-state index in [2.05, 4.69) is 19.9 Å². The standard InChI is InChI=1S/C7H15N5P/c1-8-13-9-2-5-12(13,6-3-10-13)7-4-11-13/h9-11H,2-7H2/q+1. The van der Waals surface area contributed by atoms with Crippen LogP contribution in [0.2, 0.25) is 0 Å². The molecule has 5 nitrogen and oxygen atoms in total. The van der Waals surface area contributed by atoms with Gasteiger partial charge in [-0.15, -0.1) is 0 Å². The molecule has 3 aliphatic rings. The number of nitrogens with one attached hydrogen (secondary N) is 3. The van der Waals surface area contributed by atoms with Gasteiger partial charge in [-0.25, -0.2) is 0 Å². The fourth-order valence-electron chi connectivity index (χ4n) is 3.15. The molecule has 0 aromatic carbocycles. The van der Waals surface area contributed by atoms with Gasteiger partial charge in [0.2, 0.25) is 0 Å². The van der Waals surface area contributed by atoms with Crippen LogP contribution in [-0.2, 0) is 0 Å². The van der Waals surface area contributed by atoms with Crippen molar-refractivity contribution in [3.8, 4) is 0 Å². The minimum absolute atomic E-state index is 0.986. The van der Waals surface area contributed by atoms with Gasteiger partial charge in [0, 0.05) is 0 Å². The van der Waals surface area contributed by atoms with Crippen LogP contribution in [0.25, 0.3) is 4.62 Å². The molecule has 3 N–H and O–H groups in total. The predicted molar refractivity (Wildman–Crippen MR) is 52.4 cm³/mol. The Bertz CT molecular complexity index is 276. The van der Waals surface area contributed by atoms with Gasteiger partial charge in [0.1, 0.15) is 0 Å². The van der Waals surface area contributed by atoms with Crippen molar-refractivity contribution in [3.05, 3.63) is 11.2 Å². The van der Waals surface area contributed by atoms with Crippen molar-refractivity contribution in [1.82, 2.24) is 15.3 Å². The fourth-order valence-corrected chi connectivity index (χ4v) is 7.82. The van der Waals surface area contributed by atoms with E-state index >= 15 is 0 Å². The van der Waals surface area contributed by atoms with Gasteiger partial charge in [0.05, 0.1) is 0 Å². The summed E-state index contributed by atoms with van der Waals surface area (Å²) in [5.41, 5.74) is 0. The van der Waals surface area contributed by atoms with Crippen LogP contribution in [0.15, 0.2) is 0 Å². The maximum absolute atomic E-state index is 7.51. The Hall–Kier alpha value is -0.240. The van der Waals surface area contributed by atoms with Gasteiger partial charge in [-0.05, 0) is 0 Å². The van der Waals surface area contributed by atoms with Gasteiger partial charge < -0.3 is 0 Å². The Labute approximate surface area is 78.1 Å². The molecule has 3 rings (SSSR count). The monoisotopic (exact) mass is 200 g/mol. The van der Waals surface area contributed by atoms with E-state index in [4.69, 9.17) is 6.57 Å². The van der Waals surface area contributed by atoms with Gasteiger partial charge in [-0.3, -0.25) is 0 Å². The normalized spacial score (nSPS) is 47.2. The Morgan fingerprint density at radius 2 is 1.46 bits per heavy atom. The first-order chi connectivity index (χ1) is 6.26. The summed E-state index contributed by atoms with van der Waals surface area (Å²) in [5.74, 6) is 0. The van der Waals surface area contributed by atoms with Crippen LogP contribution in [0, 0.1) is 6.57 Å². The first-order valence-electron chi connectivity index (χ1n) is 4.80. The fraction of sp³-hybridized carbons (Fsp3) is 0.857. The van der Waals surface area contributed by atoms with Crippen molar-refractivity contribution in [3.63, 3.8) is 0 Å². The minimum atomic E-state index is -2.60. The second kappa shape index (κ2) is 2.05. The number of hydrogen-bond acceptors (Lipinski definition) is 3. The summed E-state index contributed by atoms with van der Waals surface area (Å²) in [6.07, 6.45) is 0. The maximum atomic E-state index is 7.51. The summed E-state index contributed by atoms with van der Waals surface area (Å²) in [7, 11) is -2.60. The Morgan fingerprint density at radius 3 is 1.77 bits per heavy atom. The molecule has 0 atom stereocenters. The average Bonchev–Trinajstić information content (AvgIpc) is 2.60. The third-order valence-electron chi connectivity index (χ3n) is 3.84. The summed E-state index contributed by atoms with van der Waals surface area (Å²) in [6.45, 7) is 13.8. The first kappa shape index (κ1) is 8.10. The van der Waals surface area contributed by atoms with E-state index in [1.165, 1.54) is 0 Å². The van der Waals surface area contributed by atoms with Crippen LogP contribution in [0.3, 0.4) is 0 Å². The van der Waals surface area contributed by atoms with Crippen LogP contribution >= 0.6 is 7.36 Å². The van der Waals surface area contributed by atoms with Crippen LogP contribution < -0.4 is 15.3 Å². The van der Waals surface area contributed by atoms with Crippen molar-refractivity contribution in [2.45, 2.75) is 0 Å². The van der Waals surface area contributed by atoms with E-state index in [1.54, 1.807) is 0 Å². The van der Waals surface area contributed by atoms with Gasteiger partial charge in [-0.2, -0.15) is 0 Å². The molecule has 3 saturated heterocycles. The first-order valence-corrected chi connectivity index (χ1v) is 6.95. The molecule has 6 heteroatoms. The molecule has 0 unspecified atom stereocenters. The van der Waals surface area contributed by atoms with Gasteiger partial charge in [0.15, 0.2) is 0 Å². The van der Waals surface area contributed by atoms with E-state index < -0.39 is 7.36 Å². The van der Waals surface area contributed by atoms with Crippen LogP contribution in [0.5, 0.6) is 0 Å². The number of rotatable bonds is 0. The molecule has 0 bridgehead atoms. The molecule has 0 aromatic rings. The second-order valence-corrected chi connectivity index (χ2v) is 8.16. The molecule has 3 aliphatic heterocycles. The molecular formula is C7H15N5P+. The summed E-state index contributed by atoms with van der Waals surface area (Å²) < 4.78 is 4.98. The number of nitrogens with zero attached hydrogens (tertiary/aromatic N) is 2. The van der Waals surface area contributed by atoms with Crippen LogP contribution in [0.4, 0.5) is 0 Å². The average molecular weight is 200 g/mol. The van der Waals surface area contributed by atoms with Crippen molar-refractivity contribution < 1.29 is 4.25 Å². The molecule has 0 saturated carbocycles. The third-order valence-corrected chi connectivity index (χ3v) is 8.95. The SMILES string of the molecule is [C-]#[N+]P123NCC[N+]1(CCN2)CCN3. The van der Waals surface area contributed by atoms with E-state index in [0.29, 0.717) is 0 Å². The molecule has 72 valence electrons. The molecule has 13 heavy (non-hydrogen) atoms. The molecule has 0 amide bonds. The molecule has 3 heterocycles. The number of hydrogen-bond donors (Lipinski definition) is 3. The zero-order valence-electron chi connectivity index (χ0n) is 7.58. The molecular weight excluding hydrogens is 185 g/mol. The quantitative estimate of drug-likeness (QED) is 0.370. The predicted octanol–water partition coefficient (Wildman–Crippen LogP) is -0.340. The van der Waals surface area contributed by atoms with Gasteiger partial charge in [-0.1, -0.05) is 0 Å². The van der Waals surface area contributed by atoms with E-state index in [1.807, 2.05) is 0 Å². The van der Waals surface area contributed by atoms with Crippen molar-refractivity contribution in [2.24, 2.45) is 0 Å². The molecule has 0 aliphatic carbocycles.